The summed E-state index contributed by atoms with van der Waals surface area (Å²) in [4.78, 5) is 10.2. The number of Topliss-reactive ketones (excluding diaryl/α,β-unsaturated/α-hetero) is 1. The molecule has 6 heteroatoms. The first-order valence-electron chi connectivity index (χ1n) is 2.77. The Hall–Kier alpha value is -0.620. The molecule has 2 N–H and O–H groups in total. The Morgan fingerprint density at radius 1 is 1.64 bits per heavy atom. The van der Waals surface area contributed by atoms with Crippen LogP contribution in [0, 0.1) is 0 Å². The largest absolute Gasteiger partial charge is 0.411 e. The summed E-state index contributed by atoms with van der Waals surface area (Å²) < 4.78 is 38.1. The lowest BCUT2D eigenvalue weighted by Gasteiger charge is -2.11. The second-order valence-corrected chi connectivity index (χ2v) is 1.96. The van der Waals surface area contributed by atoms with Gasteiger partial charge in [-0.05, 0) is 6.92 Å². The van der Waals surface area contributed by atoms with Gasteiger partial charge < -0.3 is 4.74 Å². The summed E-state index contributed by atoms with van der Waals surface area (Å²) in [6.07, 6.45) is -5.91. The standard InChI is InChI=1S/C5H8F3NO2/c1-3(10)4(9)11-2-5(6,7)8/h4H,2,9H2,1H3/t4-/m1/s1. The molecular formula is C5H8F3NO2. The number of ketones is 1. The highest BCUT2D eigenvalue weighted by molar-refractivity contribution is 5.79. The molecule has 0 radical (unpaired) electrons. The predicted molar refractivity (Wildman–Crippen MR) is 30.7 cm³/mol. The van der Waals surface area contributed by atoms with E-state index >= 15 is 0 Å². The monoisotopic (exact) mass is 171 g/mol. The molecule has 3 nitrogen and oxygen atoms in total. The number of nitrogens with two attached hydrogens (primary N) is 1. The zero-order chi connectivity index (χ0) is 9.07. The first-order valence-corrected chi connectivity index (χ1v) is 2.77. The first kappa shape index (κ1) is 10.4. The number of rotatable bonds is 3. The molecule has 0 unspecified atom stereocenters. The molecule has 0 heterocycles. The summed E-state index contributed by atoms with van der Waals surface area (Å²) in [6, 6.07) is 0. The summed E-state index contributed by atoms with van der Waals surface area (Å²) in [5, 5.41) is 0. The summed E-state index contributed by atoms with van der Waals surface area (Å²) >= 11 is 0. The van der Waals surface area contributed by atoms with Crippen molar-refractivity contribution in [3.63, 3.8) is 0 Å². The molecule has 66 valence electrons. The van der Waals surface area contributed by atoms with Crippen LogP contribution in [0.25, 0.3) is 0 Å². The van der Waals surface area contributed by atoms with Crippen molar-refractivity contribution in [3.8, 4) is 0 Å². The molecule has 0 saturated heterocycles. The summed E-state index contributed by atoms with van der Waals surface area (Å²) in [6.45, 7) is -0.436. The van der Waals surface area contributed by atoms with E-state index in [1.807, 2.05) is 0 Å². The average Bonchev–Trinajstić information content (AvgIpc) is 1.80. The van der Waals surface area contributed by atoms with Gasteiger partial charge in [0.15, 0.2) is 12.0 Å². The fraction of sp³-hybridized carbons (Fsp3) is 0.800. The third kappa shape index (κ3) is 5.81. The summed E-state index contributed by atoms with van der Waals surface area (Å²) in [5.41, 5.74) is 4.85. The van der Waals surface area contributed by atoms with E-state index in [2.05, 4.69) is 4.74 Å². The van der Waals surface area contributed by atoms with Gasteiger partial charge in [-0.2, -0.15) is 13.2 Å². The predicted octanol–water partition coefficient (Wildman–Crippen LogP) is 0.439. The molecule has 1 atom stereocenters. The Morgan fingerprint density at radius 3 is 2.36 bits per heavy atom. The fourth-order valence-electron chi connectivity index (χ4n) is 0.302. The second-order valence-electron chi connectivity index (χ2n) is 1.96. The second kappa shape index (κ2) is 3.68. The van der Waals surface area contributed by atoms with Crippen molar-refractivity contribution in [1.29, 1.82) is 0 Å². The molecule has 0 aliphatic rings. The number of alkyl halides is 3. The number of hydrogen-bond acceptors (Lipinski definition) is 3. The maximum absolute atomic E-state index is 11.4. The van der Waals surface area contributed by atoms with Crippen molar-refractivity contribution in [2.45, 2.75) is 19.3 Å². The number of hydrogen-bond donors (Lipinski definition) is 1. The molecule has 0 aromatic rings. The van der Waals surface area contributed by atoms with E-state index in [0.717, 1.165) is 6.92 Å². The molecule has 11 heavy (non-hydrogen) atoms. The van der Waals surface area contributed by atoms with Gasteiger partial charge in [-0.3, -0.25) is 10.5 Å². The smallest absolute Gasteiger partial charge is 0.347 e. The van der Waals surface area contributed by atoms with Crippen molar-refractivity contribution >= 4 is 5.78 Å². The Balaban J connectivity index is 3.63. The zero-order valence-electron chi connectivity index (χ0n) is 5.81. The van der Waals surface area contributed by atoms with E-state index in [9.17, 15) is 18.0 Å². The van der Waals surface area contributed by atoms with E-state index in [0.29, 0.717) is 0 Å². The minimum absolute atomic E-state index is 0.630. The fourth-order valence-corrected chi connectivity index (χ4v) is 0.302. The third-order valence-corrected chi connectivity index (χ3v) is 0.827. The lowest BCUT2D eigenvalue weighted by atomic mass is 10.4. The minimum atomic E-state index is -4.44. The van der Waals surface area contributed by atoms with Crippen molar-refractivity contribution in [2.75, 3.05) is 6.61 Å². The lowest BCUT2D eigenvalue weighted by molar-refractivity contribution is -0.185. The molecule has 0 aliphatic carbocycles. The summed E-state index contributed by atoms with van der Waals surface area (Å²) in [5.74, 6) is -0.630. The van der Waals surface area contributed by atoms with Gasteiger partial charge in [-0.1, -0.05) is 0 Å². The van der Waals surface area contributed by atoms with E-state index in [4.69, 9.17) is 5.73 Å². The molecule has 0 spiro atoms. The van der Waals surface area contributed by atoms with Gasteiger partial charge in [0.05, 0.1) is 0 Å². The first-order chi connectivity index (χ1) is 4.83. The molecule has 0 saturated carbocycles. The molecule has 0 aromatic carbocycles. The van der Waals surface area contributed by atoms with E-state index in [1.54, 1.807) is 0 Å². The van der Waals surface area contributed by atoms with Crippen LogP contribution in [0.4, 0.5) is 13.2 Å². The highest BCUT2D eigenvalue weighted by Gasteiger charge is 2.29. The van der Waals surface area contributed by atoms with Gasteiger partial charge in [0.2, 0.25) is 0 Å². The van der Waals surface area contributed by atoms with Crippen molar-refractivity contribution in [2.24, 2.45) is 5.73 Å². The topological polar surface area (TPSA) is 52.3 Å². The van der Waals surface area contributed by atoms with Gasteiger partial charge in [0, 0.05) is 0 Å². The highest BCUT2D eigenvalue weighted by Crippen LogP contribution is 2.14. The van der Waals surface area contributed by atoms with Crippen molar-refractivity contribution < 1.29 is 22.7 Å². The van der Waals surface area contributed by atoms with Gasteiger partial charge in [-0.25, -0.2) is 0 Å². The lowest BCUT2D eigenvalue weighted by Crippen LogP contribution is -2.35. The van der Waals surface area contributed by atoms with Gasteiger partial charge in [0.25, 0.3) is 0 Å². The number of carbonyl (C=O) groups is 1. The van der Waals surface area contributed by atoms with E-state index in [1.165, 1.54) is 0 Å². The molecule has 0 bridgehead atoms. The Labute approximate surface area is 61.3 Å². The van der Waals surface area contributed by atoms with Crippen LogP contribution in [-0.2, 0) is 9.53 Å². The van der Waals surface area contributed by atoms with Gasteiger partial charge >= 0.3 is 6.18 Å². The maximum Gasteiger partial charge on any atom is 0.411 e. The Kier molecular flexibility index (Phi) is 3.47. The molecular weight excluding hydrogens is 163 g/mol. The maximum atomic E-state index is 11.4. The Morgan fingerprint density at radius 2 is 2.09 bits per heavy atom. The van der Waals surface area contributed by atoms with Crippen LogP contribution < -0.4 is 5.73 Å². The quantitative estimate of drug-likeness (QED) is 0.627. The van der Waals surface area contributed by atoms with Crippen LogP contribution in [0.3, 0.4) is 0 Å². The molecule has 0 fully saturated rings. The number of halogens is 3. The SMILES string of the molecule is CC(=O)[C@H](N)OCC(F)(F)F. The highest BCUT2D eigenvalue weighted by atomic mass is 19.4. The van der Waals surface area contributed by atoms with Crippen LogP contribution in [-0.4, -0.2) is 24.8 Å². The third-order valence-electron chi connectivity index (χ3n) is 0.827. The van der Waals surface area contributed by atoms with Crippen LogP contribution in [0.15, 0.2) is 0 Å². The van der Waals surface area contributed by atoms with E-state index in [-0.39, 0.29) is 0 Å². The molecule has 0 aliphatic heterocycles. The molecule has 0 aromatic heterocycles. The number of ether oxygens (including phenoxy) is 1. The molecule has 0 amide bonds. The molecule has 0 rings (SSSR count). The van der Waals surface area contributed by atoms with Crippen molar-refractivity contribution in [1.82, 2.24) is 0 Å². The Bertz CT molecular complexity index is 145. The summed E-state index contributed by atoms with van der Waals surface area (Å²) in [7, 11) is 0. The van der Waals surface area contributed by atoms with Crippen molar-refractivity contribution in [3.05, 3.63) is 0 Å². The van der Waals surface area contributed by atoms with Crippen LogP contribution in [0.2, 0.25) is 0 Å². The van der Waals surface area contributed by atoms with Gasteiger partial charge in [0.1, 0.15) is 6.61 Å². The van der Waals surface area contributed by atoms with E-state index < -0.39 is 24.8 Å². The average molecular weight is 171 g/mol. The van der Waals surface area contributed by atoms with Crippen LogP contribution in [0.5, 0.6) is 0 Å². The van der Waals surface area contributed by atoms with Crippen LogP contribution in [0.1, 0.15) is 6.92 Å². The van der Waals surface area contributed by atoms with Crippen LogP contribution >= 0.6 is 0 Å². The normalized spacial score (nSPS) is 14.6. The van der Waals surface area contributed by atoms with Gasteiger partial charge in [-0.15, -0.1) is 0 Å². The number of carbonyl (C=O) groups excluding carboxylic acids is 1. The zero-order valence-corrected chi connectivity index (χ0v) is 5.81. The minimum Gasteiger partial charge on any atom is -0.347 e.